The van der Waals surface area contributed by atoms with Gasteiger partial charge in [-0.15, -0.1) is 0 Å². The van der Waals surface area contributed by atoms with Crippen molar-refractivity contribution >= 4 is 11.7 Å². The molecule has 19 heavy (non-hydrogen) atoms. The number of carbonyl (C=O) groups is 1. The van der Waals surface area contributed by atoms with Crippen molar-refractivity contribution in [2.75, 3.05) is 18.6 Å². The summed E-state index contributed by atoms with van der Waals surface area (Å²) in [5.41, 5.74) is 2.34. The number of hydrogen-bond acceptors (Lipinski definition) is 3. The van der Waals surface area contributed by atoms with E-state index in [2.05, 4.69) is 31.7 Å². The number of rotatable bonds is 4. The normalized spacial score (nSPS) is 20.2. The van der Waals surface area contributed by atoms with Gasteiger partial charge in [0.15, 0.2) is 0 Å². The summed E-state index contributed by atoms with van der Waals surface area (Å²) in [6.45, 7) is 7.07. The Bertz CT molecular complexity index is 496. The maximum absolute atomic E-state index is 10.8. The predicted octanol–water partition coefficient (Wildman–Crippen LogP) is 2.66. The zero-order valence-corrected chi connectivity index (χ0v) is 11.9. The molecule has 1 aliphatic rings. The minimum Gasteiger partial charge on any atom is -0.497 e. The molecule has 1 aliphatic heterocycles. The lowest BCUT2D eigenvalue weighted by Gasteiger charge is -2.31. The molecule has 2 rings (SSSR count). The predicted molar refractivity (Wildman–Crippen MR) is 75.1 cm³/mol. The molecular weight excluding hydrogens is 242 g/mol. The molecule has 0 fully saturated rings. The smallest absolute Gasteiger partial charge is 0.305 e. The van der Waals surface area contributed by atoms with E-state index in [0.717, 1.165) is 11.4 Å². The van der Waals surface area contributed by atoms with Gasteiger partial charge in [-0.25, -0.2) is 0 Å². The number of methoxy groups -OCH3 is 1. The second-order valence-electron chi connectivity index (χ2n) is 5.62. The van der Waals surface area contributed by atoms with Crippen LogP contribution in [-0.2, 0) is 10.2 Å². The third-order valence-electron chi connectivity index (χ3n) is 4.29. The van der Waals surface area contributed by atoms with Crippen LogP contribution in [0.4, 0.5) is 5.69 Å². The van der Waals surface area contributed by atoms with Crippen molar-refractivity contribution in [2.45, 2.75) is 38.6 Å². The maximum atomic E-state index is 10.8. The van der Waals surface area contributed by atoms with Gasteiger partial charge in [-0.3, -0.25) is 4.79 Å². The van der Waals surface area contributed by atoms with E-state index < -0.39 is 5.97 Å². The molecule has 1 heterocycles. The Morgan fingerprint density at radius 2 is 2.16 bits per heavy atom. The summed E-state index contributed by atoms with van der Waals surface area (Å²) >= 11 is 0. The number of anilines is 1. The van der Waals surface area contributed by atoms with E-state index in [-0.39, 0.29) is 17.9 Å². The average Bonchev–Trinajstić information content (AvgIpc) is 2.55. The molecule has 0 radical (unpaired) electrons. The lowest BCUT2D eigenvalue weighted by Crippen LogP contribution is -2.39. The third-order valence-corrected chi connectivity index (χ3v) is 4.29. The van der Waals surface area contributed by atoms with E-state index >= 15 is 0 Å². The van der Waals surface area contributed by atoms with Gasteiger partial charge in [0.2, 0.25) is 0 Å². The molecule has 104 valence electrons. The highest BCUT2D eigenvalue weighted by Gasteiger charge is 2.41. The highest BCUT2D eigenvalue weighted by atomic mass is 16.5. The summed E-state index contributed by atoms with van der Waals surface area (Å²) in [6.07, 6.45) is 0.159. The van der Waals surface area contributed by atoms with Crippen LogP contribution in [0.5, 0.6) is 5.75 Å². The fourth-order valence-electron chi connectivity index (χ4n) is 2.76. The number of nitrogens with zero attached hydrogens (tertiary/aromatic N) is 1. The zero-order valence-electron chi connectivity index (χ0n) is 11.9. The topological polar surface area (TPSA) is 49.8 Å². The molecular formula is C15H21NO3. The Kier molecular flexibility index (Phi) is 3.43. The van der Waals surface area contributed by atoms with Crippen LogP contribution in [0.15, 0.2) is 18.2 Å². The van der Waals surface area contributed by atoms with Gasteiger partial charge in [0.05, 0.1) is 13.5 Å². The van der Waals surface area contributed by atoms with Gasteiger partial charge in [0, 0.05) is 23.7 Å². The van der Waals surface area contributed by atoms with E-state index in [1.807, 2.05) is 12.1 Å². The number of carboxylic acid groups (broad SMARTS) is 1. The van der Waals surface area contributed by atoms with Crippen molar-refractivity contribution in [3.63, 3.8) is 0 Å². The first-order valence-electron chi connectivity index (χ1n) is 6.55. The fraction of sp³-hybridized carbons (Fsp3) is 0.533. The maximum Gasteiger partial charge on any atom is 0.305 e. The minimum absolute atomic E-state index is 0.0115. The van der Waals surface area contributed by atoms with E-state index in [1.54, 1.807) is 7.11 Å². The van der Waals surface area contributed by atoms with Gasteiger partial charge in [0.1, 0.15) is 5.75 Å². The SMILES string of the molecule is COc1ccc2c(c1)C(C)(C)C(C)N2CCC(=O)O. The second-order valence-corrected chi connectivity index (χ2v) is 5.62. The Hall–Kier alpha value is -1.71. The molecule has 4 heteroatoms. The van der Waals surface area contributed by atoms with Crippen LogP contribution in [0.3, 0.4) is 0 Å². The molecule has 0 saturated carbocycles. The van der Waals surface area contributed by atoms with Gasteiger partial charge in [-0.1, -0.05) is 13.8 Å². The Labute approximate surface area is 114 Å². The summed E-state index contributed by atoms with van der Waals surface area (Å²) in [5, 5.41) is 8.87. The van der Waals surface area contributed by atoms with E-state index in [1.165, 1.54) is 5.56 Å². The molecule has 0 spiro atoms. The van der Waals surface area contributed by atoms with E-state index in [0.29, 0.717) is 6.54 Å². The number of ether oxygens (including phenoxy) is 1. The van der Waals surface area contributed by atoms with Crippen LogP contribution < -0.4 is 9.64 Å². The van der Waals surface area contributed by atoms with Gasteiger partial charge >= 0.3 is 5.97 Å². The number of aliphatic carboxylic acids is 1. The molecule has 1 atom stereocenters. The standard InChI is InChI=1S/C15H21NO3/c1-10-15(2,3)12-9-11(19-4)5-6-13(12)16(10)8-7-14(17)18/h5-6,9-10H,7-8H2,1-4H3,(H,17,18). The van der Waals surface area contributed by atoms with Crippen LogP contribution >= 0.6 is 0 Å². The first-order valence-corrected chi connectivity index (χ1v) is 6.55. The van der Waals surface area contributed by atoms with Crippen molar-refractivity contribution in [1.82, 2.24) is 0 Å². The van der Waals surface area contributed by atoms with Gasteiger partial charge < -0.3 is 14.7 Å². The molecule has 1 aromatic carbocycles. The van der Waals surface area contributed by atoms with Crippen molar-refractivity contribution in [3.8, 4) is 5.75 Å². The monoisotopic (exact) mass is 263 g/mol. The summed E-state index contributed by atoms with van der Waals surface area (Å²) in [4.78, 5) is 13.0. The number of carboxylic acids is 1. The first kappa shape index (κ1) is 13.7. The molecule has 1 aromatic rings. The zero-order chi connectivity index (χ0) is 14.2. The Morgan fingerprint density at radius 3 is 2.74 bits per heavy atom. The molecule has 4 nitrogen and oxygen atoms in total. The number of fused-ring (bicyclic) bond motifs is 1. The third kappa shape index (κ3) is 2.27. The second kappa shape index (κ2) is 4.76. The first-order chi connectivity index (χ1) is 8.87. The number of hydrogen-bond donors (Lipinski definition) is 1. The van der Waals surface area contributed by atoms with Crippen LogP contribution in [0.1, 0.15) is 32.8 Å². The van der Waals surface area contributed by atoms with E-state index in [4.69, 9.17) is 9.84 Å². The molecule has 0 bridgehead atoms. The van der Waals surface area contributed by atoms with Crippen LogP contribution in [0.25, 0.3) is 0 Å². The molecule has 0 saturated heterocycles. The Morgan fingerprint density at radius 1 is 1.47 bits per heavy atom. The minimum atomic E-state index is -0.757. The largest absolute Gasteiger partial charge is 0.497 e. The molecule has 1 unspecified atom stereocenters. The molecule has 0 amide bonds. The summed E-state index contributed by atoms with van der Waals surface area (Å²) in [7, 11) is 1.66. The Balaban J connectivity index is 2.38. The van der Waals surface area contributed by atoms with Gasteiger partial charge in [0.25, 0.3) is 0 Å². The molecule has 0 aliphatic carbocycles. The van der Waals surface area contributed by atoms with Crippen LogP contribution in [-0.4, -0.2) is 30.8 Å². The highest BCUT2D eigenvalue weighted by Crippen LogP contribution is 2.46. The van der Waals surface area contributed by atoms with Crippen molar-refractivity contribution < 1.29 is 14.6 Å². The van der Waals surface area contributed by atoms with Crippen molar-refractivity contribution in [3.05, 3.63) is 23.8 Å². The summed E-state index contributed by atoms with van der Waals surface area (Å²) < 4.78 is 5.29. The van der Waals surface area contributed by atoms with Gasteiger partial charge in [-0.2, -0.15) is 0 Å². The van der Waals surface area contributed by atoms with Crippen molar-refractivity contribution in [2.24, 2.45) is 0 Å². The molecule has 1 N–H and O–H groups in total. The summed E-state index contributed by atoms with van der Waals surface area (Å²) in [5.74, 6) is 0.0890. The van der Waals surface area contributed by atoms with Crippen LogP contribution in [0.2, 0.25) is 0 Å². The lowest BCUT2D eigenvalue weighted by molar-refractivity contribution is -0.136. The molecule has 0 aromatic heterocycles. The van der Waals surface area contributed by atoms with Crippen LogP contribution in [0, 0.1) is 0 Å². The average molecular weight is 263 g/mol. The lowest BCUT2D eigenvalue weighted by atomic mass is 9.81. The fourth-order valence-corrected chi connectivity index (χ4v) is 2.76. The van der Waals surface area contributed by atoms with Crippen molar-refractivity contribution in [1.29, 1.82) is 0 Å². The van der Waals surface area contributed by atoms with E-state index in [9.17, 15) is 4.79 Å². The quantitative estimate of drug-likeness (QED) is 0.907. The van der Waals surface area contributed by atoms with Gasteiger partial charge in [-0.05, 0) is 30.7 Å². The summed E-state index contributed by atoms with van der Waals surface area (Å²) in [6, 6.07) is 6.29. The highest BCUT2D eigenvalue weighted by molar-refractivity contribution is 5.70. The number of benzene rings is 1.